The monoisotopic (exact) mass is 499 g/mol. The SMILES string of the molecule is O=C(N[C@@H](Cc1ccccc1)[C@H](O)CNCC#CCC1CC1)c1cc(F)nc(OC[C@H]2C[C@@H]2Cl)c1. The standard InChI is InChI=1S/C27H31ClFN3O3/c28-22-13-21(22)17-35-26-15-20(14-25(29)32-26)27(34)31-23(12-19-7-2-1-3-8-19)24(33)16-30-11-5-4-6-18-9-10-18/h1-3,7-8,14-15,18,21-24,30,33H,6,9-13,16-17H2,(H,31,34)/t21-,22+,23+,24-/m1/s1. The third-order valence-corrected chi connectivity index (χ3v) is 6.71. The van der Waals surface area contributed by atoms with Gasteiger partial charge in [-0.25, -0.2) is 0 Å². The number of pyridine rings is 1. The summed E-state index contributed by atoms with van der Waals surface area (Å²) in [4.78, 5) is 16.7. The van der Waals surface area contributed by atoms with Crippen LogP contribution in [-0.2, 0) is 6.42 Å². The maximum Gasteiger partial charge on any atom is 0.251 e. The number of aliphatic hydroxyl groups is 1. The number of aliphatic hydroxyl groups excluding tert-OH is 1. The number of rotatable bonds is 12. The molecule has 4 rings (SSSR count). The van der Waals surface area contributed by atoms with Crippen LogP contribution >= 0.6 is 11.6 Å². The third kappa shape index (κ3) is 8.50. The molecule has 0 unspecified atom stereocenters. The third-order valence-electron chi connectivity index (χ3n) is 6.17. The molecule has 1 aromatic carbocycles. The lowest BCUT2D eigenvalue weighted by Gasteiger charge is -2.24. The van der Waals surface area contributed by atoms with Gasteiger partial charge in [0.1, 0.15) is 0 Å². The summed E-state index contributed by atoms with van der Waals surface area (Å²) >= 11 is 5.99. The molecule has 6 nitrogen and oxygen atoms in total. The number of benzene rings is 1. The summed E-state index contributed by atoms with van der Waals surface area (Å²) in [6, 6.07) is 11.5. The molecule has 2 fully saturated rings. The Hall–Kier alpha value is -2.66. The molecule has 0 saturated heterocycles. The van der Waals surface area contributed by atoms with Gasteiger partial charge in [-0.15, -0.1) is 17.5 Å². The average molecular weight is 500 g/mol. The lowest BCUT2D eigenvalue weighted by molar-refractivity contribution is 0.0831. The van der Waals surface area contributed by atoms with Gasteiger partial charge in [-0.2, -0.15) is 9.37 Å². The fourth-order valence-corrected chi connectivity index (χ4v) is 3.98. The van der Waals surface area contributed by atoms with Gasteiger partial charge in [-0.3, -0.25) is 4.79 Å². The molecule has 186 valence electrons. The van der Waals surface area contributed by atoms with E-state index in [1.54, 1.807) is 0 Å². The molecule has 0 aliphatic heterocycles. The number of carbonyl (C=O) groups is 1. The zero-order chi connectivity index (χ0) is 24.6. The number of ether oxygens (including phenoxy) is 1. The molecule has 2 aliphatic rings. The fraction of sp³-hybridized carbons (Fsp3) is 0.481. The van der Waals surface area contributed by atoms with Crippen LogP contribution in [0.15, 0.2) is 42.5 Å². The lowest BCUT2D eigenvalue weighted by Crippen LogP contribution is -2.48. The van der Waals surface area contributed by atoms with Gasteiger partial charge in [0.15, 0.2) is 0 Å². The van der Waals surface area contributed by atoms with E-state index in [-0.39, 0.29) is 29.3 Å². The number of nitrogens with zero attached hydrogens (tertiary/aromatic N) is 1. The summed E-state index contributed by atoms with van der Waals surface area (Å²) in [5.41, 5.74) is 1.04. The van der Waals surface area contributed by atoms with E-state index in [0.29, 0.717) is 19.6 Å². The van der Waals surface area contributed by atoms with E-state index in [1.807, 2.05) is 30.3 Å². The van der Waals surface area contributed by atoms with E-state index in [0.717, 1.165) is 30.4 Å². The lowest BCUT2D eigenvalue weighted by atomic mass is 10.0. The number of nitrogens with one attached hydrogen (secondary N) is 2. The highest BCUT2D eigenvalue weighted by Crippen LogP contribution is 2.36. The number of hydrogen-bond acceptors (Lipinski definition) is 5. The Morgan fingerprint density at radius 3 is 2.74 bits per heavy atom. The predicted molar refractivity (Wildman–Crippen MR) is 133 cm³/mol. The Labute approximate surface area is 210 Å². The number of halogens is 2. The maximum absolute atomic E-state index is 14.1. The zero-order valence-electron chi connectivity index (χ0n) is 19.6. The Kier molecular flexibility index (Phi) is 8.97. The summed E-state index contributed by atoms with van der Waals surface area (Å²) in [6.07, 6.45) is 3.86. The molecule has 2 saturated carbocycles. The van der Waals surface area contributed by atoms with Crippen LogP contribution in [0.3, 0.4) is 0 Å². The minimum absolute atomic E-state index is 0.0394. The minimum atomic E-state index is -0.873. The van der Waals surface area contributed by atoms with Gasteiger partial charge in [-0.05, 0) is 37.2 Å². The van der Waals surface area contributed by atoms with Gasteiger partial charge in [0.05, 0.1) is 25.3 Å². The molecule has 1 heterocycles. The smallest absolute Gasteiger partial charge is 0.251 e. The largest absolute Gasteiger partial charge is 0.477 e. The van der Waals surface area contributed by atoms with Crippen LogP contribution in [0.2, 0.25) is 0 Å². The highest BCUT2D eigenvalue weighted by atomic mass is 35.5. The fourth-order valence-electron chi connectivity index (χ4n) is 3.68. The normalized spacial score (nSPS) is 20.3. The van der Waals surface area contributed by atoms with Crippen molar-refractivity contribution in [2.24, 2.45) is 11.8 Å². The first-order valence-electron chi connectivity index (χ1n) is 12.1. The van der Waals surface area contributed by atoms with Gasteiger partial charge in [0.25, 0.3) is 5.91 Å². The van der Waals surface area contributed by atoms with Crippen LogP contribution < -0.4 is 15.4 Å². The van der Waals surface area contributed by atoms with Crippen molar-refractivity contribution in [3.05, 3.63) is 59.5 Å². The first kappa shape index (κ1) is 25.4. The average Bonchev–Trinajstić information content (AvgIpc) is 3.78. The molecule has 1 amide bonds. The van der Waals surface area contributed by atoms with Crippen LogP contribution in [0.25, 0.3) is 0 Å². The number of hydrogen-bond donors (Lipinski definition) is 3. The highest BCUT2D eigenvalue weighted by Gasteiger charge is 2.36. The molecule has 8 heteroatoms. The molecule has 2 aliphatic carbocycles. The molecule has 0 radical (unpaired) electrons. The zero-order valence-corrected chi connectivity index (χ0v) is 20.3. The molecular weight excluding hydrogens is 469 g/mol. The van der Waals surface area contributed by atoms with E-state index in [2.05, 4.69) is 27.5 Å². The molecule has 2 aromatic rings. The summed E-state index contributed by atoms with van der Waals surface area (Å²) < 4.78 is 19.6. The van der Waals surface area contributed by atoms with Crippen LogP contribution in [0.5, 0.6) is 5.88 Å². The van der Waals surface area contributed by atoms with Gasteiger partial charge in [0, 0.05) is 42.0 Å². The Bertz CT molecular complexity index is 1050. The van der Waals surface area contributed by atoms with Crippen molar-refractivity contribution in [1.29, 1.82) is 0 Å². The minimum Gasteiger partial charge on any atom is -0.477 e. The van der Waals surface area contributed by atoms with Crippen molar-refractivity contribution >= 4 is 17.5 Å². The summed E-state index contributed by atoms with van der Waals surface area (Å²) in [6.45, 7) is 1.06. The Morgan fingerprint density at radius 1 is 1.26 bits per heavy atom. The predicted octanol–water partition coefficient (Wildman–Crippen LogP) is 3.32. The van der Waals surface area contributed by atoms with Crippen LogP contribution in [-0.4, -0.2) is 53.2 Å². The van der Waals surface area contributed by atoms with E-state index in [4.69, 9.17) is 16.3 Å². The molecule has 0 spiro atoms. The summed E-state index contributed by atoms with van der Waals surface area (Å²) in [5.74, 6) is 5.92. The molecular formula is C27H31ClFN3O3. The van der Waals surface area contributed by atoms with Gasteiger partial charge < -0.3 is 20.5 Å². The molecule has 0 bridgehead atoms. The van der Waals surface area contributed by atoms with Crippen LogP contribution in [0.4, 0.5) is 4.39 Å². The number of alkyl halides is 1. The van der Waals surface area contributed by atoms with Crippen molar-refractivity contribution in [2.45, 2.75) is 49.6 Å². The van der Waals surface area contributed by atoms with E-state index >= 15 is 0 Å². The molecule has 35 heavy (non-hydrogen) atoms. The van der Waals surface area contributed by atoms with Crippen molar-refractivity contribution < 1.29 is 19.0 Å². The number of aromatic nitrogens is 1. The maximum atomic E-state index is 14.1. The van der Waals surface area contributed by atoms with E-state index in [9.17, 15) is 14.3 Å². The summed E-state index contributed by atoms with van der Waals surface area (Å²) in [5, 5.41) is 16.9. The second-order valence-corrected chi connectivity index (χ2v) is 9.87. The van der Waals surface area contributed by atoms with Crippen molar-refractivity contribution in [3.63, 3.8) is 0 Å². The second-order valence-electron chi connectivity index (χ2n) is 9.31. The molecule has 1 aromatic heterocycles. The van der Waals surface area contributed by atoms with Crippen molar-refractivity contribution in [2.75, 3.05) is 19.7 Å². The van der Waals surface area contributed by atoms with Crippen LogP contribution in [0, 0.1) is 29.6 Å². The summed E-state index contributed by atoms with van der Waals surface area (Å²) in [7, 11) is 0. The van der Waals surface area contributed by atoms with Crippen LogP contribution in [0.1, 0.15) is 41.6 Å². The van der Waals surface area contributed by atoms with Gasteiger partial charge in [0.2, 0.25) is 11.8 Å². The van der Waals surface area contributed by atoms with Crippen molar-refractivity contribution in [1.82, 2.24) is 15.6 Å². The molecule has 4 atom stereocenters. The van der Waals surface area contributed by atoms with E-state index < -0.39 is 24.0 Å². The van der Waals surface area contributed by atoms with Crippen molar-refractivity contribution in [3.8, 4) is 17.7 Å². The number of amides is 1. The van der Waals surface area contributed by atoms with Gasteiger partial charge >= 0.3 is 0 Å². The first-order chi connectivity index (χ1) is 17.0. The Morgan fingerprint density at radius 2 is 2.03 bits per heavy atom. The quantitative estimate of drug-likeness (QED) is 0.181. The molecule has 3 N–H and O–H groups in total. The highest BCUT2D eigenvalue weighted by molar-refractivity contribution is 6.22. The second kappa shape index (κ2) is 12.3. The first-order valence-corrected chi connectivity index (χ1v) is 12.6. The van der Waals surface area contributed by atoms with E-state index in [1.165, 1.54) is 18.9 Å². The number of carbonyl (C=O) groups excluding carboxylic acids is 1. The Balaban J connectivity index is 1.36. The topological polar surface area (TPSA) is 83.5 Å². The van der Waals surface area contributed by atoms with Gasteiger partial charge in [-0.1, -0.05) is 36.3 Å².